The van der Waals surface area contributed by atoms with E-state index in [4.69, 9.17) is 0 Å². The second-order valence-corrected chi connectivity index (χ2v) is 6.02. The van der Waals surface area contributed by atoms with Gasteiger partial charge >= 0.3 is 0 Å². The first-order valence-electron chi connectivity index (χ1n) is 4.89. The first kappa shape index (κ1) is 12.2. The summed E-state index contributed by atoms with van der Waals surface area (Å²) >= 11 is 0. The average molecular weight is 192 g/mol. The molecule has 3 heteroatoms. The van der Waals surface area contributed by atoms with Gasteiger partial charge in [-0.25, -0.2) is 0 Å². The zero-order valence-electron chi connectivity index (χ0n) is 8.42. The molecular weight excluding hydrogens is 171 g/mol. The fourth-order valence-corrected chi connectivity index (χ4v) is 3.77. The van der Waals surface area contributed by atoms with Gasteiger partial charge < -0.3 is 4.89 Å². The third-order valence-electron chi connectivity index (χ3n) is 2.21. The lowest BCUT2D eigenvalue weighted by Gasteiger charge is -2.20. The minimum atomic E-state index is -2.82. The van der Waals surface area contributed by atoms with Crippen LogP contribution in [0.5, 0.6) is 0 Å². The maximum atomic E-state index is 11.7. The van der Waals surface area contributed by atoms with E-state index in [1.54, 1.807) is 0 Å². The predicted octanol–water partition coefficient (Wildman–Crippen LogP) is 3.25. The smallest absolute Gasteiger partial charge is 0.203 e. The molecule has 2 unspecified atom stereocenters. The van der Waals surface area contributed by atoms with E-state index in [-0.39, 0.29) is 5.66 Å². The molecule has 0 aliphatic rings. The largest absolute Gasteiger partial charge is 0.344 e. The summed E-state index contributed by atoms with van der Waals surface area (Å²) in [7, 11) is -2.82. The monoisotopic (exact) mass is 192 g/mol. The highest BCUT2D eigenvalue weighted by molar-refractivity contribution is 7.58. The van der Waals surface area contributed by atoms with Crippen molar-refractivity contribution in [1.29, 1.82) is 0 Å². The lowest BCUT2D eigenvalue weighted by molar-refractivity contribution is 0.452. The maximum Gasteiger partial charge on any atom is 0.203 e. The highest BCUT2D eigenvalue weighted by Gasteiger charge is 2.26. The summed E-state index contributed by atoms with van der Waals surface area (Å²) in [5, 5.41) is 0. The standard InChI is InChI=1S/C9H21O2P/c1-4-7-9(6-3)12(10,11)8-5-2/h9H,4-8H2,1-3H3,(H,10,11). The van der Waals surface area contributed by atoms with Crippen LogP contribution in [0.1, 0.15) is 46.5 Å². The van der Waals surface area contributed by atoms with Crippen molar-refractivity contribution in [1.82, 2.24) is 0 Å². The zero-order chi connectivity index (χ0) is 9.61. The van der Waals surface area contributed by atoms with Crippen molar-refractivity contribution in [2.45, 2.75) is 52.1 Å². The summed E-state index contributed by atoms with van der Waals surface area (Å²) in [6.07, 6.45) is 4.04. The summed E-state index contributed by atoms with van der Waals surface area (Å²) in [4.78, 5) is 9.66. The minimum Gasteiger partial charge on any atom is -0.344 e. The average Bonchev–Trinajstić information content (AvgIpc) is 1.99. The van der Waals surface area contributed by atoms with Gasteiger partial charge in [0.25, 0.3) is 0 Å². The first-order valence-corrected chi connectivity index (χ1v) is 6.81. The van der Waals surface area contributed by atoms with E-state index >= 15 is 0 Å². The molecule has 0 spiro atoms. The van der Waals surface area contributed by atoms with Gasteiger partial charge in [-0.3, -0.25) is 4.57 Å². The summed E-state index contributed by atoms with van der Waals surface area (Å²) < 4.78 is 11.7. The molecule has 0 saturated carbocycles. The van der Waals surface area contributed by atoms with Gasteiger partial charge in [0.15, 0.2) is 0 Å². The van der Waals surface area contributed by atoms with Crippen molar-refractivity contribution in [3.63, 3.8) is 0 Å². The summed E-state index contributed by atoms with van der Waals surface area (Å²) in [5.41, 5.74) is 0.0439. The SMILES string of the molecule is CCCC(CC)P(=O)(O)CCC. The highest BCUT2D eigenvalue weighted by Crippen LogP contribution is 2.49. The molecule has 0 saturated heterocycles. The molecule has 0 bridgehead atoms. The van der Waals surface area contributed by atoms with Gasteiger partial charge in [0.2, 0.25) is 7.37 Å². The molecule has 0 fully saturated rings. The Morgan fingerprint density at radius 1 is 1.25 bits per heavy atom. The van der Waals surface area contributed by atoms with Crippen LogP contribution < -0.4 is 0 Å². The molecule has 0 aromatic heterocycles. The van der Waals surface area contributed by atoms with Gasteiger partial charge in [0.1, 0.15) is 0 Å². The van der Waals surface area contributed by atoms with Gasteiger partial charge in [0, 0.05) is 11.8 Å². The second kappa shape index (κ2) is 5.77. The normalized spacial score (nSPS) is 18.7. The lowest BCUT2D eigenvalue weighted by Crippen LogP contribution is -2.09. The Hall–Kier alpha value is 0.190. The summed E-state index contributed by atoms with van der Waals surface area (Å²) in [6.45, 7) is 6.02. The van der Waals surface area contributed by atoms with Crippen LogP contribution in [0.25, 0.3) is 0 Å². The van der Waals surface area contributed by atoms with Crippen LogP contribution in [0.2, 0.25) is 0 Å². The zero-order valence-corrected chi connectivity index (χ0v) is 9.31. The van der Waals surface area contributed by atoms with E-state index in [0.717, 1.165) is 25.7 Å². The molecule has 0 aliphatic heterocycles. The molecule has 0 aromatic carbocycles. The van der Waals surface area contributed by atoms with Crippen molar-refractivity contribution in [3.05, 3.63) is 0 Å². The van der Waals surface area contributed by atoms with E-state index in [1.165, 1.54) is 0 Å². The fraction of sp³-hybridized carbons (Fsp3) is 1.00. The van der Waals surface area contributed by atoms with E-state index in [2.05, 4.69) is 6.92 Å². The molecular formula is C9H21O2P. The molecule has 2 atom stereocenters. The van der Waals surface area contributed by atoms with Gasteiger partial charge in [-0.15, -0.1) is 0 Å². The molecule has 2 nitrogen and oxygen atoms in total. The van der Waals surface area contributed by atoms with Crippen molar-refractivity contribution < 1.29 is 9.46 Å². The van der Waals surface area contributed by atoms with Crippen LogP contribution in [-0.4, -0.2) is 16.7 Å². The topological polar surface area (TPSA) is 37.3 Å². The van der Waals surface area contributed by atoms with Crippen molar-refractivity contribution in [2.24, 2.45) is 0 Å². The molecule has 74 valence electrons. The quantitative estimate of drug-likeness (QED) is 0.656. The molecule has 0 radical (unpaired) electrons. The Morgan fingerprint density at radius 3 is 2.17 bits per heavy atom. The third kappa shape index (κ3) is 3.73. The summed E-state index contributed by atoms with van der Waals surface area (Å²) in [5.74, 6) is 0. The van der Waals surface area contributed by atoms with Crippen LogP contribution in [0.15, 0.2) is 0 Å². The Balaban J connectivity index is 4.16. The van der Waals surface area contributed by atoms with Crippen LogP contribution in [0.4, 0.5) is 0 Å². The predicted molar refractivity (Wildman–Crippen MR) is 54.0 cm³/mol. The first-order chi connectivity index (χ1) is 5.58. The van der Waals surface area contributed by atoms with Gasteiger partial charge in [-0.1, -0.05) is 27.2 Å². The van der Waals surface area contributed by atoms with Crippen LogP contribution in [0.3, 0.4) is 0 Å². The number of hydrogen-bond acceptors (Lipinski definition) is 1. The van der Waals surface area contributed by atoms with Gasteiger partial charge in [-0.05, 0) is 19.3 Å². The Kier molecular flexibility index (Phi) is 5.86. The number of hydrogen-bond donors (Lipinski definition) is 1. The van der Waals surface area contributed by atoms with Gasteiger partial charge in [0.05, 0.1) is 0 Å². The third-order valence-corrected chi connectivity index (χ3v) is 5.06. The van der Waals surface area contributed by atoms with Crippen molar-refractivity contribution in [3.8, 4) is 0 Å². The molecule has 0 rings (SSSR count). The molecule has 0 heterocycles. The Labute approximate surface area is 75.8 Å². The van der Waals surface area contributed by atoms with E-state index in [0.29, 0.717) is 6.16 Å². The van der Waals surface area contributed by atoms with Crippen molar-refractivity contribution in [2.75, 3.05) is 6.16 Å². The fourth-order valence-electron chi connectivity index (χ4n) is 1.53. The van der Waals surface area contributed by atoms with Crippen LogP contribution >= 0.6 is 7.37 Å². The van der Waals surface area contributed by atoms with E-state index in [1.807, 2.05) is 13.8 Å². The number of rotatable bonds is 6. The summed E-state index contributed by atoms with van der Waals surface area (Å²) in [6, 6.07) is 0. The highest BCUT2D eigenvalue weighted by atomic mass is 31.2. The molecule has 0 amide bonds. The van der Waals surface area contributed by atoms with Crippen LogP contribution in [0, 0.1) is 0 Å². The molecule has 0 aliphatic carbocycles. The second-order valence-electron chi connectivity index (χ2n) is 3.33. The van der Waals surface area contributed by atoms with Crippen LogP contribution in [-0.2, 0) is 4.57 Å². The van der Waals surface area contributed by atoms with Gasteiger partial charge in [-0.2, -0.15) is 0 Å². The van der Waals surface area contributed by atoms with Crippen molar-refractivity contribution >= 4 is 7.37 Å². The van der Waals surface area contributed by atoms with E-state index in [9.17, 15) is 9.46 Å². The Morgan fingerprint density at radius 2 is 1.83 bits per heavy atom. The minimum absolute atomic E-state index is 0.0439. The lowest BCUT2D eigenvalue weighted by atomic mass is 10.2. The molecule has 1 N–H and O–H groups in total. The maximum absolute atomic E-state index is 11.7. The van der Waals surface area contributed by atoms with E-state index < -0.39 is 7.37 Å². The molecule has 12 heavy (non-hydrogen) atoms. The Bertz CT molecular complexity index is 157. The molecule has 0 aromatic rings.